The number of carbonyl (C=O) groups is 1. The standard InChI is InChI=1S/C20H31N3O2/c1-22-12-13-23(2)16(15-22)14-21-20(24)18-10-6-7-11-19(18)25-17-8-4-3-5-9-17/h6-7,10-11,16-17H,3-5,8-9,12-15H2,1-2H3,(H,21,24)/t16-/m1/s1. The van der Waals surface area contributed by atoms with Crippen molar-refractivity contribution >= 4 is 5.91 Å². The first-order valence-corrected chi connectivity index (χ1v) is 9.56. The molecule has 1 aromatic rings. The number of carbonyl (C=O) groups excluding carboxylic acids is 1. The Hall–Kier alpha value is -1.59. The molecule has 1 N–H and O–H groups in total. The van der Waals surface area contributed by atoms with E-state index < -0.39 is 0 Å². The molecule has 1 aliphatic carbocycles. The third-order valence-corrected chi connectivity index (χ3v) is 5.46. The Kier molecular flexibility index (Phi) is 6.32. The molecule has 0 aromatic heterocycles. The molecule has 1 aliphatic heterocycles. The second-order valence-electron chi connectivity index (χ2n) is 7.48. The molecule has 1 saturated heterocycles. The molecule has 1 atom stereocenters. The van der Waals surface area contributed by atoms with Crippen molar-refractivity contribution in [3.8, 4) is 5.75 Å². The van der Waals surface area contributed by atoms with Crippen LogP contribution in [0.4, 0.5) is 0 Å². The highest BCUT2D eigenvalue weighted by atomic mass is 16.5. The van der Waals surface area contributed by atoms with Gasteiger partial charge in [0, 0.05) is 32.2 Å². The van der Waals surface area contributed by atoms with Gasteiger partial charge in [0.25, 0.3) is 5.91 Å². The molecule has 1 heterocycles. The summed E-state index contributed by atoms with van der Waals surface area (Å²) in [7, 11) is 4.26. The highest BCUT2D eigenvalue weighted by Crippen LogP contribution is 2.26. The quantitative estimate of drug-likeness (QED) is 0.890. The molecule has 1 saturated carbocycles. The fourth-order valence-corrected chi connectivity index (χ4v) is 3.75. The zero-order valence-corrected chi connectivity index (χ0v) is 15.5. The Bertz CT molecular complexity index is 572. The highest BCUT2D eigenvalue weighted by molar-refractivity contribution is 5.96. The number of hydrogen-bond acceptors (Lipinski definition) is 4. The molecule has 1 amide bonds. The van der Waals surface area contributed by atoms with Crippen molar-refractivity contribution in [1.82, 2.24) is 15.1 Å². The van der Waals surface area contributed by atoms with Gasteiger partial charge >= 0.3 is 0 Å². The van der Waals surface area contributed by atoms with E-state index in [0.717, 1.165) is 38.2 Å². The maximum atomic E-state index is 12.7. The van der Waals surface area contributed by atoms with E-state index in [0.29, 0.717) is 18.2 Å². The Morgan fingerprint density at radius 3 is 2.72 bits per heavy atom. The summed E-state index contributed by atoms with van der Waals surface area (Å²) in [5.74, 6) is 0.689. The molecule has 0 bridgehead atoms. The monoisotopic (exact) mass is 345 g/mol. The molecule has 2 fully saturated rings. The van der Waals surface area contributed by atoms with Gasteiger partial charge in [-0.25, -0.2) is 0 Å². The Morgan fingerprint density at radius 1 is 1.16 bits per heavy atom. The van der Waals surface area contributed by atoms with Crippen molar-refractivity contribution in [2.45, 2.75) is 44.2 Å². The molecular formula is C20H31N3O2. The lowest BCUT2D eigenvalue weighted by molar-refractivity contribution is 0.0872. The van der Waals surface area contributed by atoms with Crippen LogP contribution >= 0.6 is 0 Å². The second-order valence-corrected chi connectivity index (χ2v) is 7.48. The first-order chi connectivity index (χ1) is 12.1. The van der Waals surface area contributed by atoms with Crippen LogP contribution in [0.2, 0.25) is 0 Å². The Balaban J connectivity index is 1.59. The fraction of sp³-hybridized carbons (Fsp3) is 0.650. The molecule has 3 rings (SSSR count). The van der Waals surface area contributed by atoms with E-state index in [9.17, 15) is 4.79 Å². The number of para-hydroxylation sites is 1. The normalized spacial score (nSPS) is 23.4. The van der Waals surface area contributed by atoms with E-state index in [1.165, 1.54) is 19.3 Å². The van der Waals surface area contributed by atoms with Gasteiger partial charge in [0.1, 0.15) is 5.75 Å². The number of ether oxygens (including phenoxy) is 1. The summed E-state index contributed by atoms with van der Waals surface area (Å²) >= 11 is 0. The molecular weight excluding hydrogens is 314 g/mol. The van der Waals surface area contributed by atoms with Crippen LogP contribution in [0, 0.1) is 0 Å². The number of piperazine rings is 1. The van der Waals surface area contributed by atoms with Gasteiger partial charge < -0.3 is 15.0 Å². The molecule has 25 heavy (non-hydrogen) atoms. The summed E-state index contributed by atoms with van der Waals surface area (Å²) in [6.07, 6.45) is 6.18. The first kappa shape index (κ1) is 18.2. The lowest BCUT2D eigenvalue weighted by Gasteiger charge is -2.37. The van der Waals surface area contributed by atoms with Crippen molar-refractivity contribution in [2.24, 2.45) is 0 Å². The van der Waals surface area contributed by atoms with E-state index in [1.807, 2.05) is 24.3 Å². The molecule has 1 aromatic carbocycles. The van der Waals surface area contributed by atoms with Gasteiger partial charge in [0.05, 0.1) is 11.7 Å². The number of nitrogens with zero attached hydrogens (tertiary/aromatic N) is 2. The number of amides is 1. The number of benzene rings is 1. The average molecular weight is 345 g/mol. The van der Waals surface area contributed by atoms with Gasteiger partial charge in [-0.2, -0.15) is 0 Å². The molecule has 5 nitrogen and oxygen atoms in total. The molecule has 0 spiro atoms. The van der Waals surface area contributed by atoms with E-state index in [2.05, 4.69) is 29.2 Å². The summed E-state index contributed by atoms with van der Waals surface area (Å²) in [5, 5.41) is 3.11. The van der Waals surface area contributed by atoms with Crippen LogP contribution in [0.5, 0.6) is 5.75 Å². The third-order valence-electron chi connectivity index (χ3n) is 5.46. The predicted molar refractivity (Wildman–Crippen MR) is 100 cm³/mol. The van der Waals surface area contributed by atoms with Crippen LogP contribution in [0.1, 0.15) is 42.5 Å². The second kappa shape index (κ2) is 8.68. The summed E-state index contributed by atoms with van der Waals surface area (Å²) in [5.41, 5.74) is 0.653. The minimum Gasteiger partial charge on any atom is -0.490 e. The maximum absolute atomic E-state index is 12.7. The van der Waals surface area contributed by atoms with Crippen LogP contribution in [0.15, 0.2) is 24.3 Å². The van der Waals surface area contributed by atoms with Crippen LogP contribution in [0.3, 0.4) is 0 Å². The number of rotatable bonds is 5. The van der Waals surface area contributed by atoms with Gasteiger partial charge in [-0.3, -0.25) is 9.69 Å². The van der Waals surface area contributed by atoms with Gasteiger partial charge in [-0.15, -0.1) is 0 Å². The van der Waals surface area contributed by atoms with Crippen LogP contribution < -0.4 is 10.1 Å². The molecule has 0 radical (unpaired) electrons. The van der Waals surface area contributed by atoms with E-state index >= 15 is 0 Å². The molecule has 0 unspecified atom stereocenters. The van der Waals surface area contributed by atoms with Crippen LogP contribution in [-0.4, -0.2) is 68.1 Å². The summed E-state index contributed by atoms with van der Waals surface area (Å²) in [4.78, 5) is 17.4. The lowest BCUT2D eigenvalue weighted by Crippen LogP contribution is -2.54. The molecule has 5 heteroatoms. The summed E-state index contributed by atoms with van der Waals surface area (Å²) in [6.45, 7) is 3.77. The minimum atomic E-state index is -0.0342. The predicted octanol–water partition coefficient (Wildman–Crippen LogP) is 2.37. The van der Waals surface area contributed by atoms with Gasteiger partial charge in [-0.1, -0.05) is 18.6 Å². The molecule has 138 valence electrons. The fourth-order valence-electron chi connectivity index (χ4n) is 3.75. The van der Waals surface area contributed by atoms with Gasteiger partial charge in [0.2, 0.25) is 0 Å². The van der Waals surface area contributed by atoms with Crippen LogP contribution in [-0.2, 0) is 0 Å². The number of likely N-dealkylation sites (N-methyl/N-ethyl adjacent to an activating group) is 2. The van der Waals surface area contributed by atoms with Crippen molar-refractivity contribution in [3.05, 3.63) is 29.8 Å². The average Bonchev–Trinajstić information content (AvgIpc) is 2.63. The van der Waals surface area contributed by atoms with Gasteiger partial charge in [0.15, 0.2) is 0 Å². The lowest BCUT2D eigenvalue weighted by atomic mass is 9.97. The third kappa shape index (κ3) is 4.95. The van der Waals surface area contributed by atoms with E-state index in [4.69, 9.17) is 4.74 Å². The largest absolute Gasteiger partial charge is 0.490 e. The minimum absolute atomic E-state index is 0.0342. The maximum Gasteiger partial charge on any atom is 0.255 e. The van der Waals surface area contributed by atoms with E-state index in [1.54, 1.807) is 0 Å². The van der Waals surface area contributed by atoms with Gasteiger partial charge in [-0.05, 0) is 51.9 Å². The Labute approximate surface area is 151 Å². The van der Waals surface area contributed by atoms with Crippen molar-refractivity contribution < 1.29 is 9.53 Å². The molecule has 2 aliphatic rings. The van der Waals surface area contributed by atoms with Crippen molar-refractivity contribution in [2.75, 3.05) is 40.3 Å². The zero-order valence-electron chi connectivity index (χ0n) is 15.5. The number of hydrogen-bond donors (Lipinski definition) is 1. The zero-order chi connectivity index (χ0) is 17.6. The van der Waals surface area contributed by atoms with Crippen molar-refractivity contribution in [3.63, 3.8) is 0 Å². The Morgan fingerprint density at radius 2 is 1.92 bits per heavy atom. The summed E-state index contributed by atoms with van der Waals surface area (Å²) < 4.78 is 6.16. The topological polar surface area (TPSA) is 44.8 Å². The smallest absolute Gasteiger partial charge is 0.255 e. The highest BCUT2D eigenvalue weighted by Gasteiger charge is 2.24. The summed E-state index contributed by atoms with van der Waals surface area (Å²) in [6, 6.07) is 7.99. The number of nitrogens with one attached hydrogen (secondary N) is 1. The van der Waals surface area contributed by atoms with E-state index in [-0.39, 0.29) is 12.0 Å². The van der Waals surface area contributed by atoms with Crippen molar-refractivity contribution in [1.29, 1.82) is 0 Å². The first-order valence-electron chi connectivity index (χ1n) is 9.56. The SMILES string of the molecule is CN1CCN(C)[C@H](CNC(=O)c2ccccc2OC2CCCCC2)C1. The van der Waals surface area contributed by atoms with Crippen LogP contribution in [0.25, 0.3) is 0 Å².